The molecule has 0 spiro atoms. The van der Waals surface area contributed by atoms with E-state index in [-0.39, 0.29) is 16.2 Å². The molecular weight excluding hydrogens is 233 g/mol. The maximum Gasteiger partial charge on any atom is 0.222 e. The van der Waals surface area contributed by atoms with Gasteiger partial charge in [-0.2, -0.15) is 0 Å². The Kier molecular flexibility index (Phi) is 2.44. The molecule has 3 aliphatic carbocycles. The summed E-state index contributed by atoms with van der Waals surface area (Å²) in [5.74, 6) is -0.159. The molecule has 4 heteroatoms. The lowest BCUT2D eigenvalue weighted by Gasteiger charge is -2.48. The van der Waals surface area contributed by atoms with Crippen molar-refractivity contribution in [1.29, 1.82) is 0 Å². The largest absolute Gasteiger partial charge is 0.264 e. The number of hydrogen-bond donors (Lipinski definition) is 0. The molecular formula is C14H16FNO2. The topological polar surface area (TPSA) is 43.1 Å². The molecule has 3 nitrogen and oxygen atoms in total. The van der Waals surface area contributed by atoms with Crippen molar-refractivity contribution in [2.75, 3.05) is 0 Å². The summed E-state index contributed by atoms with van der Waals surface area (Å²) in [6.07, 6.45) is 4.01. The minimum absolute atomic E-state index is 0.0998. The van der Waals surface area contributed by atoms with Gasteiger partial charge in [0, 0.05) is 24.2 Å². The molecule has 3 fully saturated rings. The first-order chi connectivity index (χ1) is 8.58. The third-order valence-electron chi connectivity index (χ3n) is 5.04. The van der Waals surface area contributed by atoms with E-state index in [1.54, 1.807) is 6.07 Å². The summed E-state index contributed by atoms with van der Waals surface area (Å²) >= 11 is 0. The molecule has 0 aromatic heterocycles. The van der Waals surface area contributed by atoms with Crippen LogP contribution in [0.5, 0.6) is 0 Å². The number of rotatable bonds is 2. The molecule has 1 aromatic carbocycles. The molecule has 0 radical (unpaired) electrons. The highest BCUT2D eigenvalue weighted by Crippen LogP contribution is 2.55. The highest BCUT2D eigenvalue weighted by molar-refractivity contribution is 5.30. The molecule has 0 amide bonds. The van der Waals surface area contributed by atoms with E-state index in [2.05, 4.69) is 0 Å². The van der Waals surface area contributed by atoms with Crippen molar-refractivity contribution in [2.45, 2.75) is 49.5 Å². The lowest BCUT2D eigenvalue weighted by Crippen LogP contribution is -2.52. The van der Waals surface area contributed by atoms with Gasteiger partial charge >= 0.3 is 0 Å². The molecule has 0 heterocycles. The summed E-state index contributed by atoms with van der Waals surface area (Å²) in [5.41, 5.74) is -0.0996. The Bertz CT molecular complexity index is 476. The summed E-state index contributed by atoms with van der Waals surface area (Å²) in [4.78, 5) is 11.1. The van der Waals surface area contributed by atoms with E-state index in [1.807, 2.05) is 12.1 Å². The Morgan fingerprint density at radius 3 is 2.11 bits per heavy atom. The van der Waals surface area contributed by atoms with Gasteiger partial charge in [-0.3, -0.25) is 10.1 Å². The maximum absolute atomic E-state index is 13.9. The minimum Gasteiger partial charge on any atom is -0.264 e. The van der Waals surface area contributed by atoms with Crippen LogP contribution in [0.4, 0.5) is 4.39 Å². The Morgan fingerprint density at radius 1 is 1.06 bits per heavy atom. The van der Waals surface area contributed by atoms with Gasteiger partial charge in [0.2, 0.25) is 5.54 Å². The van der Waals surface area contributed by atoms with Gasteiger partial charge in [0.1, 0.15) is 5.82 Å². The number of halogens is 1. The first kappa shape index (κ1) is 11.6. The first-order valence-corrected chi connectivity index (χ1v) is 6.48. The molecule has 1 aromatic rings. The van der Waals surface area contributed by atoms with Crippen LogP contribution in [0, 0.1) is 15.9 Å². The van der Waals surface area contributed by atoms with Crippen molar-refractivity contribution >= 4 is 0 Å². The van der Waals surface area contributed by atoms with Crippen LogP contribution in [0.15, 0.2) is 24.3 Å². The summed E-state index contributed by atoms with van der Waals surface area (Å²) in [5, 5.41) is 11.2. The fourth-order valence-corrected chi connectivity index (χ4v) is 3.74. The van der Waals surface area contributed by atoms with Crippen LogP contribution in [-0.4, -0.2) is 10.5 Å². The minimum atomic E-state index is -0.715. The van der Waals surface area contributed by atoms with Gasteiger partial charge in [-0.1, -0.05) is 18.2 Å². The van der Waals surface area contributed by atoms with E-state index in [4.69, 9.17) is 0 Å². The fraction of sp³-hybridized carbons (Fsp3) is 0.571. The number of benzene rings is 1. The van der Waals surface area contributed by atoms with Crippen molar-refractivity contribution in [2.24, 2.45) is 0 Å². The quantitative estimate of drug-likeness (QED) is 0.595. The van der Waals surface area contributed by atoms with Crippen molar-refractivity contribution in [3.8, 4) is 0 Å². The van der Waals surface area contributed by atoms with Crippen molar-refractivity contribution in [1.82, 2.24) is 0 Å². The van der Waals surface area contributed by atoms with Crippen LogP contribution >= 0.6 is 0 Å². The smallest absolute Gasteiger partial charge is 0.222 e. The molecule has 0 saturated heterocycles. The molecule has 4 rings (SSSR count). The van der Waals surface area contributed by atoms with Crippen LogP contribution in [0.1, 0.15) is 44.1 Å². The number of hydrogen-bond acceptors (Lipinski definition) is 2. The van der Waals surface area contributed by atoms with E-state index in [9.17, 15) is 14.5 Å². The van der Waals surface area contributed by atoms with Crippen LogP contribution in [-0.2, 0) is 5.41 Å². The molecule has 18 heavy (non-hydrogen) atoms. The Labute approximate surface area is 105 Å². The maximum atomic E-state index is 13.9. The number of fused-ring (bicyclic) bond motifs is 3. The molecule has 3 aliphatic rings. The zero-order valence-electron chi connectivity index (χ0n) is 10.2. The summed E-state index contributed by atoms with van der Waals surface area (Å²) in [6.45, 7) is 0. The van der Waals surface area contributed by atoms with E-state index in [0.29, 0.717) is 19.3 Å². The van der Waals surface area contributed by atoms with E-state index >= 15 is 0 Å². The van der Waals surface area contributed by atoms with Gasteiger partial charge in [0.15, 0.2) is 0 Å². The zero-order chi connectivity index (χ0) is 12.8. The predicted octanol–water partition coefficient (Wildman–Crippen LogP) is 3.45. The second kappa shape index (κ2) is 3.77. The Balaban J connectivity index is 1.94. The molecule has 0 N–H and O–H groups in total. The lowest BCUT2D eigenvalue weighted by molar-refractivity contribution is -0.582. The first-order valence-electron chi connectivity index (χ1n) is 6.48. The van der Waals surface area contributed by atoms with E-state index in [0.717, 1.165) is 24.8 Å². The third kappa shape index (κ3) is 1.48. The summed E-state index contributed by atoms with van der Waals surface area (Å²) < 4.78 is 13.9. The van der Waals surface area contributed by atoms with Gasteiger partial charge in [-0.05, 0) is 36.3 Å². The molecule has 96 valence electrons. The SMILES string of the molecule is O=[N+]([O-])C12CCC(c3ccccc3F)(CC1)CC2. The van der Waals surface area contributed by atoms with Crippen LogP contribution in [0.2, 0.25) is 0 Å². The van der Waals surface area contributed by atoms with Gasteiger partial charge in [-0.15, -0.1) is 0 Å². The fourth-order valence-electron chi connectivity index (χ4n) is 3.74. The number of nitro groups is 1. The standard InChI is InChI=1S/C14H16FNO2/c15-12-4-2-1-3-11(12)13-5-8-14(9-6-13,10-7-13)16(17)18/h1-4H,5-10H2. The molecule has 0 unspecified atom stereocenters. The van der Waals surface area contributed by atoms with Gasteiger partial charge in [0.25, 0.3) is 0 Å². The second-order valence-corrected chi connectivity index (χ2v) is 5.74. The molecule has 0 atom stereocenters. The normalized spacial score (nSPS) is 34.5. The monoisotopic (exact) mass is 249 g/mol. The number of nitrogens with zero attached hydrogens (tertiary/aromatic N) is 1. The predicted molar refractivity (Wildman–Crippen MR) is 65.5 cm³/mol. The van der Waals surface area contributed by atoms with E-state index < -0.39 is 5.54 Å². The van der Waals surface area contributed by atoms with Crippen LogP contribution in [0.3, 0.4) is 0 Å². The Morgan fingerprint density at radius 2 is 1.61 bits per heavy atom. The van der Waals surface area contributed by atoms with Gasteiger partial charge in [-0.25, -0.2) is 4.39 Å². The average molecular weight is 249 g/mol. The summed E-state index contributed by atoms with van der Waals surface area (Å²) in [7, 11) is 0. The van der Waals surface area contributed by atoms with Gasteiger partial charge in [0.05, 0.1) is 0 Å². The lowest BCUT2D eigenvalue weighted by atomic mass is 9.55. The average Bonchev–Trinajstić information content (AvgIpc) is 2.41. The third-order valence-corrected chi connectivity index (χ3v) is 5.04. The van der Waals surface area contributed by atoms with Crippen molar-refractivity contribution in [3.63, 3.8) is 0 Å². The molecule has 0 aliphatic heterocycles. The Hall–Kier alpha value is -1.45. The molecule has 2 bridgehead atoms. The summed E-state index contributed by atoms with van der Waals surface area (Å²) in [6, 6.07) is 6.90. The highest BCUT2D eigenvalue weighted by atomic mass is 19.1. The highest BCUT2D eigenvalue weighted by Gasteiger charge is 2.56. The second-order valence-electron chi connectivity index (χ2n) is 5.74. The van der Waals surface area contributed by atoms with Crippen LogP contribution < -0.4 is 0 Å². The molecule has 3 saturated carbocycles. The van der Waals surface area contributed by atoms with Crippen molar-refractivity contribution < 1.29 is 9.31 Å². The van der Waals surface area contributed by atoms with Crippen LogP contribution in [0.25, 0.3) is 0 Å². The zero-order valence-corrected chi connectivity index (χ0v) is 10.2. The van der Waals surface area contributed by atoms with Gasteiger partial charge < -0.3 is 0 Å². The van der Waals surface area contributed by atoms with Crippen molar-refractivity contribution in [3.05, 3.63) is 45.8 Å². The van der Waals surface area contributed by atoms with E-state index in [1.165, 1.54) is 6.07 Å².